The van der Waals surface area contributed by atoms with E-state index in [9.17, 15) is 8.42 Å². The molecule has 0 aliphatic rings. The molecule has 4 N–H and O–H groups in total. The lowest BCUT2D eigenvalue weighted by Gasteiger charge is -2.12. The second-order valence-corrected chi connectivity index (χ2v) is 5.66. The van der Waals surface area contributed by atoms with Crippen molar-refractivity contribution in [3.05, 3.63) is 11.8 Å². The van der Waals surface area contributed by atoms with Gasteiger partial charge in [0.2, 0.25) is 0 Å². The highest BCUT2D eigenvalue weighted by atomic mass is 32.2. The smallest absolute Gasteiger partial charge is 0.300 e. The minimum absolute atomic E-state index is 0.0837. The summed E-state index contributed by atoms with van der Waals surface area (Å²) < 4.78 is 29.5. The highest BCUT2D eigenvalue weighted by Gasteiger charge is 2.18. The maximum atomic E-state index is 11.7. The number of aryl methyl sites for hydroxylation is 1. The molecule has 0 bridgehead atoms. The van der Waals surface area contributed by atoms with Gasteiger partial charge < -0.3 is 5.73 Å². The summed E-state index contributed by atoms with van der Waals surface area (Å²) in [6.45, 7) is 3.44. The molecule has 7 nitrogen and oxygen atoms in total. The van der Waals surface area contributed by atoms with Crippen LogP contribution in [0.2, 0.25) is 0 Å². The normalized spacial score (nSPS) is 11.8. The number of nitrogens with two attached hydrogens (primary N) is 1. The number of hydrogen-bond donors (Lipinski definition) is 3. The van der Waals surface area contributed by atoms with Gasteiger partial charge in [-0.05, 0) is 13.8 Å². The Hall–Kier alpha value is -1.19. The Morgan fingerprint density at radius 2 is 2.18 bits per heavy atom. The fraction of sp³-hybridized carbons (Fsp3) is 0.500. The first kappa shape index (κ1) is 13.9. The van der Waals surface area contributed by atoms with Gasteiger partial charge in [-0.2, -0.15) is 18.2 Å². The van der Waals surface area contributed by atoms with Gasteiger partial charge in [-0.15, -0.1) is 0 Å². The predicted molar refractivity (Wildman–Crippen MR) is 69.9 cm³/mol. The van der Waals surface area contributed by atoms with E-state index in [0.717, 1.165) is 0 Å². The van der Waals surface area contributed by atoms with Gasteiger partial charge in [0.15, 0.2) is 0 Å². The molecule has 0 aliphatic carbocycles. The van der Waals surface area contributed by atoms with Gasteiger partial charge in [-0.1, -0.05) is 12.2 Å². The topological polar surface area (TPSA) is 102 Å². The molecule has 96 valence electrons. The summed E-state index contributed by atoms with van der Waals surface area (Å²) in [7, 11) is -2.07. The van der Waals surface area contributed by atoms with Crippen molar-refractivity contribution >= 4 is 33.2 Å². The van der Waals surface area contributed by atoms with Crippen molar-refractivity contribution in [3.63, 3.8) is 0 Å². The van der Waals surface area contributed by atoms with Crippen LogP contribution in [0.15, 0.2) is 6.20 Å². The van der Waals surface area contributed by atoms with Gasteiger partial charge >= 0.3 is 10.2 Å². The van der Waals surface area contributed by atoms with Gasteiger partial charge in [0.1, 0.15) is 10.8 Å². The Bertz CT molecular complexity index is 520. The second kappa shape index (κ2) is 4.98. The SMILES string of the molecule is CC(C)NS(=O)(=O)Nc1c(C(N)=S)cnn1C. The lowest BCUT2D eigenvalue weighted by atomic mass is 10.3. The molecule has 0 aliphatic heterocycles. The minimum Gasteiger partial charge on any atom is -0.389 e. The summed E-state index contributed by atoms with van der Waals surface area (Å²) >= 11 is 4.81. The van der Waals surface area contributed by atoms with Crippen LogP contribution in [-0.4, -0.2) is 29.2 Å². The van der Waals surface area contributed by atoms with Gasteiger partial charge in [-0.3, -0.25) is 9.40 Å². The lowest BCUT2D eigenvalue weighted by Crippen LogP contribution is -2.36. The maximum absolute atomic E-state index is 11.7. The molecule has 0 radical (unpaired) electrons. The van der Waals surface area contributed by atoms with Crippen LogP contribution in [0.3, 0.4) is 0 Å². The van der Waals surface area contributed by atoms with Gasteiger partial charge in [0.25, 0.3) is 0 Å². The van der Waals surface area contributed by atoms with E-state index in [4.69, 9.17) is 18.0 Å². The largest absolute Gasteiger partial charge is 0.389 e. The number of rotatable bonds is 5. The number of aromatic nitrogens is 2. The average molecular weight is 277 g/mol. The number of thiocarbonyl (C=S) groups is 1. The molecule has 0 atom stereocenters. The molecule has 1 rings (SSSR count). The van der Waals surface area contributed by atoms with Crippen LogP contribution in [0.25, 0.3) is 0 Å². The van der Waals surface area contributed by atoms with Crippen molar-refractivity contribution in [2.75, 3.05) is 4.72 Å². The Morgan fingerprint density at radius 1 is 1.59 bits per heavy atom. The number of anilines is 1. The monoisotopic (exact) mass is 277 g/mol. The molecular formula is C8H15N5O2S2. The summed E-state index contributed by atoms with van der Waals surface area (Å²) in [4.78, 5) is 0.0837. The zero-order chi connectivity index (χ0) is 13.2. The predicted octanol–water partition coefficient (Wildman–Crippen LogP) is -0.291. The van der Waals surface area contributed by atoms with E-state index in [1.807, 2.05) is 0 Å². The van der Waals surface area contributed by atoms with E-state index in [1.165, 1.54) is 10.9 Å². The van der Waals surface area contributed by atoms with Gasteiger partial charge in [-0.25, -0.2) is 0 Å². The van der Waals surface area contributed by atoms with E-state index in [2.05, 4.69) is 14.5 Å². The van der Waals surface area contributed by atoms with E-state index in [-0.39, 0.29) is 16.8 Å². The first-order valence-electron chi connectivity index (χ1n) is 4.85. The molecule has 0 saturated heterocycles. The van der Waals surface area contributed by atoms with Crippen LogP contribution in [-0.2, 0) is 17.3 Å². The van der Waals surface area contributed by atoms with E-state index in [1.54, 1.807) is 20.9 Å². The highest BCUT2D eigenvalue weighted by molar-refractivity contribution is 7.90. The Kier molecular flexibility index (Phi) is 4.07. The van der Waals surface area contributed by atoms with Crippen LogP contribution < -0.4 is 15.2 Å². The maximum Gasteiger partial charge on any atom is 0.300 e. The molecule has 0 amide bonds. The van der Waals surface area contributed by atoms with Crippen LogP contribution in [0.5, 0.6) is 0 Å². The molecule has 9 heteroatoms. The molecule has 0 spiro atoms. The Morgan fingerprint density at radius 3 is 2.65 bits per heavy atom. The van der Waals surface area contributed by atoms with E-state index >= 15 is 0 Å². The molecule has 1 heterocycles. The third kappa shape index (κ3) is 3.65. The molecule has 1 aromatic heterocycles. The molecule has 0 fully saturated rings. The first-order valence-corrected chi connectivity index (χ1v) is 6.74. The standard InChI is InChI=1S/C8H15N5O2S2/c1-5(2)11-17(14,15)12-8-6(7(9)16)4-10-13(8)3/h4-5,11-12H,1-3H3,(H2,9,16). The quantitative estimate of drug-likeness (QED) is 0.642. The van der Waals surface area contributed by atoms with Gasteiger partial charge in [0, 0.05) is 13.1 Å². The molecule has 0 aromatic carbocycles. The zero-order valence-corrected chi connectivity index (χ0v) is 11.4. The average Bonchev–Trinajstić information content (AvgIpc) is 2.44. The molecule has 0 saturated carbocycles. The summed E-state index contributed by atoms with van der Waals surface area (Å²) in [5.41, 5.74) is 5.86. The van der Waals surface area contributed by atoms with Crippen LogP contribution in [0.4, 0.5) is 5.82 Å². The number of hydrogen-bond acceptors (Lipinski definition) is 4. The van der Waals surface area contributed by atoms with Crippen molar-refractivity contribution < 1.29 is 8.42 Å². The number of nitrogens with one attached hydrogen (secondary N) is 2. The zero-order valence-electron chi connectivity index (χ0n) is 9.76. The first-order chi connectivity index (χ1) is 7.73. The molecule has 1 aromatic rings. The van der Waals surface area contributed by atoms with E-state index in [0.29, 0.717) is 5.56 Å². The Balaban J connectivity index is 3.03. The van der Waals surface area contributed by atoms with Crippen LogP contribution >= 0.6 is 12.2 Å². The second-order valence-electron chi connectivity index (χ2n) is 3.77. The molecule has 0 unspecified atom stereocenters. The molecular weight excluding hydrogens is 262 g/mol. The lowest BCUT2D eigenvalue weighted by molar-refractivity contribution is 0.574. The minimum atomic E-state index is -3.66. The van der Waals surface area contributed by atoms with Gasteiger partial charge in [0.05, 0.1) is 11.8 Å². The summed E-state index contributed by atoms with van der Waals surface area (Å²) in [6.07, 6.45) is 1.41. The van der Waals surface area contributed by atoms with Crippen LogP contribution in [0.1, 0.15) is 19.4 Å². The van der Waals surface area contributed by atoms with E-state index < -0.39 is 10.2 Å². The van der Waals surface area contributed by atoms with Crippen LogP contribution in [0, 0.1) is 0 Å². The van der Waals surface area contributed by atoms with Crippen molar-refractivity contribution in [1.82, 2.24) is 14.5 Å². The van der Waals surface area contributed by atoms with Crippen molar-refractivity contribution in [3.8, 4) is 0 Å². The third-order valence-corrected chi connectivity index (χ3v) is 3.29. The third-order valence-electron chi connectivity index (χ3n) is 1.83. The highest BCUT2D eigenvalue weighted by Crippen LogP contribution is 2.14. The fourth-order valence-electron chi connectivity index (χ4n) is 1.21. The summed E-state index contributed by atoms with van der Waals surface area (Å²) in [6, 6.07) is -0.214. The summed E-state index contributed by atoms with van der Waals surface area (Å²) in [5, 5.41) is 3.90. The Labute approximate surface area is 106 Å². The fourth-order valence-corrected chi connectivity index (χ4v) is 2.53. The molecule has 17 heavy (non-hydrogen) atoms. The summed E-state index contributed by atoms with van der Waals surface area (Å²) in [5.74, 6) is 0.241. The van der Waals surface area contributed by atoms with Crippen molar-refractivity contribution in [1.29, 1.82) is 0 Å². The number of nitrogens with zero attached hydrogens (tertiary/aromatic N) is 2. The van der Waals surface area contributed by atoms with Crippen molar-refractivity contribution in [2.24, 2.45) is 12.8 Å². The van der Waals surface area contributed by atoms with Crippen molar-refractivity contribution in [2.45, 2.75) is 19.9 Å².